The normalized spacial score (nSPS) is 11.9. The number of hydrogen-bond acceptors (Lipinski definition) is 3. The summed E-state index contributed by atoms with van der Waals surface area (Å²) in [5.41, 5.74) is -0.323. The monoisotopic (exact) mass is 266 g/mol. The number of hydrogen-bond donors (Lipinski definition) is 1. The van der Waals surface area contributed by atoms with Crippen LogP contribution in [0.3, 0.4) is 0 Å². The van der Waals surface area contributed by atoms with Gasteiger partial charge in [-0.15, -0.1) is 0 Å². The Kier molecular flexibility index (Phi) is 3.50. The van der Waals surface area contributed by atoms with Gasteiger partial charge in [-0.1, -0.05) is 0 Å². The first-order valence-electron chi connectivity index (χ1n) is 5.31. The van der Waals surface area contributed by atoms with E-state index in [9.17, 15) is 13.2 Å². The van der Waals surface area contributed by atoms with E-state index in [4.69, 9.17) is 9.83 Å². The Balaban J connectivity index is 2.13. The maximum absolute atomic E-state index is 12.3. The second kappa shape index (κ2) is 5.09. The van der Waals surface area contributed by atoms with Crippen molar-refractivity contribution in [3.05, 3.63) is 53.5 Å². The summed E-state index contributed by atoms with van der Waals surface area (Å²) < 4.78 is 42.2. The van der Waals surface area contributed by atoms with Gasteiger partial charge in [0.05, 0.1) is 23.7 Å². The zero-order chi connectivity index (χ0) is 13.9. The van der Waals surface area contributed by atoms with E-state index in [1.165, 1.54) is 18.3 Å². The third-order valence-electron chi connectivity index (χ3n) is 2.33. The fraction of sp³-hybridized carbons (Fsp3) is 0.0769. The molecule has 0 aliphatic heterocycles. The van der Waals surface area contributed by atoms with Crippen LogP contribution in [0.4, 0.5) is 18.9 Å². The summed E-state index contributed by atoms with van der Waals surface area (Å²) in [4.78, 5) is 3.99. The highest BCUT2D eigenvalue weighted by atomic mass is 19.4. The van der Waals surface area contributed by atoms with Crippen molar-refractivity contribution in [3.63, 3.8) is 0 Å². The molecule has 19 heavy (non-hydrogen) atoms. The summed E-state index contributed by atoms with van der Waals surface area (Å²) in [6, 6.07) is 7.71. The molecule has 0 fully saturated rings. The maximum atomic E-state index is 12.3. The third-order valence-corrected chi connectivity index (χ3v) is 2.33. The van der Waals surface area contributed by atoms with Gasteiger partial charge in [0.25, 0.3) is 0 Å². The van der Waals surface area contributed by atoms with Gasteiger partial charge in [-0.25, -0.2) is 0 Å². The quantitative estimate of drug-likeness (QED) is 0.837. The number of benzene rings is 1. The van der Waals surface area contributed by atoms with E-state index in [0.29, 0.717) is 17.2 Å². The van der Waals surface area contributed by atoms with E-state index in [0.717, 1.165) is 18.3 Å². The lowest BCUT2D eigenvalue weighted by Crippen LogP contribution is -2.03. The summed E-state index contributed by atoms with van der Waals surface area (Å²) in [5.74, 6) is 0.812. The average molecular weight is 266 g/mol. The summed E-state index contributed by atoms with van der Waals surface area (Å²) in [6.07, 6.45) is -1.91. The molecule has 0 spiro atoms. The predicted octanol–water partition coefficient (Wildman–Crippen LogP) is 4.05. The van der Waals surface area contributed by atoms with E-state index >= 15 is 0 Å². The summed E-state index contributed by atoms with van der Waals surface area (Å²) in [7, 11) is 0. The maximum Gasteiger partial charge on any atom is 0.416 e. The van der Waals surface area contributed by atoms with Crippen molar-refractivity contribution in [2.45, 2.75) is 6.18 Å². The molecule has 0 unspecified atom stereocenters. The largest absolute Gasteiger partial charge is 0.454 e. The van der Waals surface area contributed by atoms with E-state index in [1.807, 2.05) is 0 Å². The second-order valence-electron chi connectivity index (χ2n) is 3.69. The van der Waals surface area contributed by atoms with Crippen LogP contribution in [0.25, 0.3) is 0 Å². The number of aliphatic imine (C=N–C) groups is 1. The van der Waals surface area contributed by atoms with Gasteiger partial charge in [-0.2, -0.15) is 13.2 Å². The van der Waals surface area contributed by atoms with Crippen molar-refractivity contribution < 1.29 is 17.6 Å². The molecule has 0 amide bonds. The molecule has 1 aromatic carbocycles. The molecule has 0 aliphatic carbocycles. The highest BCUT2D eigenvalue weighted by molar-refractivity contribution is 5.81. The van der Waals surface area contributed by atoms with E-state index in [1.54, 1.807) is 12.1 Å². The van der Waals surface area contributed by atoms with E-state index < -0.39 is 11.7 Å². The van der Waals surface area contributed by atoms with Gasteiger partial charge in [0.1, 0.15) is 11.5 Å². The lowest BCUT2D eigenvalue weighted by atomic mass is 10.2. The topological polar surface area (TPSA) is 49.4 Å². The Morgan fingerprint density at radius 3 is 2.16 bits per heavy atom. The van der Waals surface area contributed by atoms with Crippen LogP contribution < -0.4 is 0 Å². The van der Waals surface area contributed by atoms with Crippen molar-refractivity contribution in [2.24, 2.45) is 4.99 Å². The zero-order valence-electron chi connectivity index (χ0n) is 9.61. The van der Waals surface area contributed by atoms with Crippen LogP contribution >= 0.6 is 0 Å². The minimum atomic E-state index is -4.35. The molecule has 6 heteroatoms. The molecule has 1 aromatic heterocycles. The zero-order valence-corrected chi connectivity index (χ0v) is 9.61. The van der Waals surface area contributed by atoms with Gasteiger partial charge in [0.15, 0.2) is 0 Å². The van der Waals surface area contributed by atoms with Crippen LogP contribution in [-0.2, 0) is 6.18 Å². The van der Waals surface area contributed by atoms with Crippen LogP contribution in [0, 0.1) is 5.41 Å². The molecule has 2 rings (SSSR count). The second-order valence-corrected chi connectivity index (χ2v) is 3.69. The molecular weight excluding hydrogens is 257 g/mol. The van der Waals surface area contributed by atoms with Crippen LogP contribution in [-0.4, -0.2) is 12.4 Å². The smallest absolute Gasteiger partial charge is 0.416 e. The van der Waals surface area contributed by atoms with Crippen LogP contribution in [0.15, 0.2) is 45.8 Å². The van der Waals surface area contributed by atoms with E-state index in [2.05, 4.69) is 4.99 Å². The molecular formula is C13H9F3N2O. The minimum Gasteiger partial charge on any atom is -0.454 e. The fourth-order valence-electron chi connectivity index (χ4n) is 1.39. The Morgan fingerprint density at radius 1 is 1.00 bits per heavy atom. The lowest BCUT2D eigenvalue weighted by Gasteiger charge is -2.05. The van der Waals surface area contributed by atoms with Gasteiger partial charge in [-0.3, -0.25) is 4.99 Å². The van der Waals surface area contributed by atoms with Gasteiger partial charge in [-0.05, 0) is 36.4 Å². The number of nitrogens with zero attached hydrogens (tertiary/aromatic N) is 1. The summed E-state index contributed by atoms with van der Waals surface area (Å²) in [5, 5.41) is 6.97. The Hall–Kier alpha value is -2.37. The molecule has 0 saturated heterocycles. The van der Waals surface area contributed by atoms with Gasteiger partial charge in [0.2, 0.25) is 0 Å². The number of rotatable bonds is 3. The Morgan fingerprint density at radius 2 is 1.63 bits per heavy atom. The first-order valence-corrected chi connectivity index (χ1v) is 5.31. The van der Waals surface area contributed by atoms with Crippen LogP contribution in [0.1, 0.15) is 17.1 Å². The molecule has 2 aromatic rings. The first-order chi connectivity index (χ1) is 8.99. The fourth-order valence-corrected chi connectivity index (χ4v) is 1.39. The Bertz CT molecular complexity index is 597. The molecule has 0 atom stereocenters. The van der Waals surface area contributed by atoms with Gasteiger partial charge >= 0.3 is 6.18 Å². The highest BCUT2D eigenvalue weighted by Crippen LogP contribution is 2.30. The number of nitrogens with one attached hydrogen (secondary N) is 1. The van der Waals surface area contributed by atoms with Crippen molar-refractivity contribution >= 4 is 18.1 Å². The molecule has 98 valence electrons. The molecule has 0 aliphatic rings. The standard InChI is InChI=1S/C13H9F3N2O/c14-13(15,16)9-1-3-10(4-2-9)18-8-12-6-5-11(7-17)19-12/h1-8,17H. The molecule has 1 heterocycles. The van der Waals surface area contributed by atoms with Crippen molar-refractivity contribution in [2.75, 3.05) is 0 Å². The molecule has 1 N–H and O–H groups in total. The number of furan rings is 1. The van der Waals surface area contributed by atoms with E-state index in [-0.39, 0.29) is 0 Å². The number of halogens is 3. The predicted molar refractivity (Wildman–Crippen MR) is 65.3 cm³/mol. The van der Waals surface area contributed by atoms with Crippen molar-refractivity contribution in [1.29, 1.82) is 5.41 Å². The first kappa shape index (κ1) is 13.1. The van der Waals surface area contributed by atoms with Gasteiger partial charge < -0.3 is 9.83 Å². The van der Waals surface area contributed by atoms with Crippen LogP contribution in [0.5, 0.6) is 0 Å². The average Bonchev–Trinajstić information content (AvgIpc) is 2.84. The summed E-state index contributed by atoms with van der Waals surface area (Å²) >= 11 is 0. The van der Waals surface area contributed by atoms with Gasteiger partial charge in [0, 0.05) is 0 Å². The molecule has 0 bridgehead atoms. The van der Waals surface area contributed by atoms with Crippen LogP contribution in [0.2, 0.25) is 0 Å². The Labute approximate surface area is 106 Å². The molecule has 0 radical (unpaired) electrons. The van der Waals surface area contributed by atoms with Crippen molar-refractivity contribution in [1.82, 2.24) is 0 Å². The van der Waals surface area contributed by atoms with Crippen molar-refractivity contribution in [3.8, 4) is 0 Å². The minimum absolute atomic E-state index is 0.383. The molecule has 0 saturated carbocycles. The lowest BCUT2D eigenvalue weighted by molar-refractivity contribution is -0.137. The third kappa shape index (κ3) is 3.31. The summed E-state index contributed by atoms with van der Waals surface area (Å²) in [6.45, 7) is 0. The molecule has 3 nitrogen and oxygen atoms in total. The highest BCUT2D eigenvalue weighted by Gasteiger charge is 2.29. The number of alkyl halides is 3. The SMILES string of the molecule is N=Cc1ccc(C=Nc2ccc(C(F)(F)F)cc2)o1.